The molecule has 0 aliphatic rings. The Morgan fingerprint density at radius 2 is 1.94 bits per heavy atom. The fourth-order valence-corrected chi connectivity index (χ4v) is 3.83. The molecular weight excluding hydrogens is 440 g/mol. The lowest BCUT2D eigenvalue weighted by Gasteiger charge is -2.10. The van der Waals surface area contributed by atoms with Crippen LogP contribution in [0.2, 0.25) is 5.02 Å². The molecule has 1 N–H and O–H groups in total. The number of esters is 1. The second-order valence-corrected chi connectivity index (χ2v) is 7.57. The van der Waals surface area contributed by atoms with Crippen LogP contribution in [0.4, 0.5) is 5.69 Å². The van der Waals surface area contributed by atoms with E-state index < -0.39 is 5.97 Å². The van der Waals surface area contributed by atoms with E-state index in [4.69, 9.17) is 16.3 Å². The highest BCUT2D eigenvalue weighted by Crippen LogP contribution is 2.30. The number of hydrogen-bond donors (Lipinski definition) is 1. The van der Waals surface area contributed by atoms with Crippen LogP contribution in [0, 0.1) is 0 Å². The average Bonchev–Trinajstić information content (AvgIpc) is 3.45. The summed E-state index contributed by atoms with van der Waals surface area (Å²) in [4.78, 5) is 29.3. The number of nitrogens with one attached hydrogen (secondary N) is 1. The van der Waals surface area contributed by atoms with E-state index in [1.54, 1.807) is 30.3 Å². The van der Waals surface area contributed by atoms with Crippen molar-refractivity contribution in [3.63, 3.8) is 0 Å². The van der Waals surface area contributed by atoms with Crippen LogP contribution in [0.15, 0.2) is 60.2 Å². The van der Waals surface area contributed by atoms with Crippen LogP contribution < -0.4 is 5.32 Å². The number of hydrogen-bond acceptors (Lipinski definition) is 8. The number of carbonyl (C=O) groups is 2. The largest absolute Gasteiger partial charge is 0.455 e. The molecule has 0 aliphatic heterocycles. The van der Waals surface area contributed by atoms with Crippen LogP contribution in [0.5, 0.6) is 0 Å². The first-order valence-corrected chi connectivity index (χ1v) is 10.3. The molecular formula is C20H15ClN6O3S. The van der Waals surface area contributed by atoms with Gasteiger partial charge in [-0.05, 0) is 28.6 Å². The molecule has 0 spiro atoms. The van der Waals surface area contributed by atoms with Gasteiger partial charge in [0.2, 0.25) is 5.91 Å². The van der Waals surface area contributed by atoms with Crippen LogP contribution >= 0.6 is 22.9 Å². The first kappa shape index (κ1) is 20.6. The molecule has 0 atom stereocenters. The molecule has 0 unspecified atom stereocenters. The molecule has 31 heavy (non-hydrogen) atoms. The number of tetrazole rings is 1. The topological polar surface area (TPSA) is 112 Å². The predicted octanol–water partition coefficient (Wildman–Crippen LogP) is 3.45. The summed E-state index contributed by atoms with van der Waals surface area (Å²) in [5, 5.41) is 16.4. The third-order valence-electron chi connectivity index (χ3n) is 4.13. The zero-order valence-corrected chi connectivity index (χ0v) is 17.5. The maximum Gasteiger partial charge on any atom is 0.340 e. The second-order valence-electron chi connectivity index (χ2n) is 6.30. The predicted molar refractivity (Wildman–Crippen MR) is 115 cm³/mol. The number of aromatic nitrogens is 5. The van der Waals surface area contributed by atoms with Crippen molar-refractivity contribution in [1.29, 1.82) is 0 Å². The summed E-state index contributed by atoms with van der Waals surface area (Å²) in [5.41, 5.74) is 1.99. The standard InChI is InChI=1S/C20H15ClN6O3S/c21-16-7-3-1-5-14(16)19-23-13(11-31-19)10-30-20(29)15-6-2-4-8-17(15)24-18(28)9-27-12-22-25-26-27/h1-8,11-12H,9-10H2,(H,24,28). The van der Waals surface area contributed by atoms with E-state index in [1.807, 2.05) is 23.6 Å². The molecule has 2 aromatic heterocycles. The summed E-state index contributed by atoms with van der Waals surface area (Å²) in [6, 6.07) is 14.0. The minimum absolute atomic E-state index is 0.00725. The first-order valence-electron chi connectivity index (χ1n) is 9.06. The molecule has 2 aromatic carbocycles. The number of para-hydroxylation sites is 1. The number of amides is 1. The Bertz CT molecular complexity index is 1210. The molecule has 0 radical (unpaired) electrons. The van der Waals surface area contributed by atoms with Crippen molar-refractivity contribution in [1.82, 2.24) is 25.2 Å². The van der Waals surface area contributed by atoms with Gasteiger partial charge in [0.15, 0.2) is 0 Å². The number of benzene rings is 2. The molecule has 9 nitrogen and oxygen atoms in total. The summed E-state index contributed by atoms with van der Waals surface area (Å²) in [5.74, 6) is -0.956. The molecule has 156 valence electrons. The lowest BCUT2D eigenvalue weighted by atomic mass is 10.2. The SMILES string of the molecule is O=C(Cn1cnnn1)Nc1ccccc1C(=O)OCc1csc(-c2ccccc2Cl)n1. The number of halogens is 1. The van der Waals surface area contributed by atoms with Gasteiger partial charge >= 0.3 is 5.97 Å². The second kappa shape index (κ2) is 9.45. The Kier molecular flexibility index (Phi) is 6.29. The monoisotopic (exact) mass is 454 g/mol. The van der Waals surface area contributed by atoms with Gasteiger partial charge in [-0.1, -0.05) is 41.9 Å². The Morgan fingerprint density at radius 3 is 2.74 bits per heavy atom. The van der Waals surface area contributed by atoms with Crippen molar-refractivity contribution in [2.75, 3.05) is 5.32 Å². The van der Waals surface area contributed by atoms with E-state index in [0.717, 1.165) is 10.6 Å². The Labute approximate surface area is 185 Å². The highest BCUT2D eigenvalue weighted by Gasteiger charge is 2.16. The number of ether oxygens (including phenoxy) is 1. The highest BCUT2D eigenvalue weighted by atomic mass is 35.5. The molecule has 4 rings (SSSR count). The number of nitrogens with zero attached hydrogens (tertiary/aromatic N) is 5. The Morgan fingerprint density at radius 1 is 1.13 bits per heavy atom. The molecule has 4 aromatic rings. The summed E-state index contributed by atoms with van der Waals surface area (Å²) >= 11 is 7.63. The normalized spacial score (nSPS) is 10.6. The molecule has 0 aliphatic carbocycles. The zero-order valence-electron chi connectivity index (χ0n) is 15.9. The third-order valence-corrected chi connectivity index (χ3v) is 5.38. The lowest BCUT2D eigenvalue weighted by Crippen LogP contribution is -2.21. The summed E-state index contributed by atoms with van der Waals surface area (Å²) in [7, 11) is 0. The summed E-state index contributed by atoms with van der Waals surface area (Å²) in [6.45, 7) is -0.0906. The molecule has 0 fully saturated rings. The van der Waals surface area contributed by atoms with E-state index in [1.165, 1.54) is 22.3 Å². The van der Waals surface area contributed by atoms with E-state index in [0.29, 0.717) is 16.4 Å². The minimum Gasteiger partial charge on any atom is -0.455 e. The first-order chi connectivity index (χ1) is 15.1. The fourth-order valence-electron chi connectivity index (χ4n) is 2.71. The van der Waals surface area contributed by atoms with Gasteiger partial charge in [0.25, 0.3) is 0 Å². The third kappa shape index (κ3) is 5.11. The van der Waals surface area contributed by atoms with Gasteiger partial charge in [-0.15, -0.1) is 16.4 Å². The minimum atomic E-state index is -0.578. The van der Waals surface area contributed by atoms with Crippen molar-refractivity contribution >= 4 is 40.5 Å². The smallest absolute Gasteiger partial charge is 0.340 e. The average molecular weight is 455 g/mol. The fraction of sp³-hybridized carbons (Fsp3) is 0.100. The molecule has 0 saturated heterocycles. The van der Waals surface area contributed by atoms with Gasteiger partial charge in [-0.3, -0.25) is 4.79 Å². The van der Waals surface area contributed by atoms with Crippen molar-refractivity contribution < 1.29 is 14.3 Å². The lowest BCUT2D eigenvalue weighted by molar-refractivity contribution is -0.116. The Balaban J connectivity index is 1.40. The van der Waals surface area contributed by atoms with Crippen LogP contribution in [-0.2, 0) is 22.7 Å². The zero-order chi connectivity index (χ0) is 21.6. The maximum atomic E-state index is 12.6. The van der Waals surface area contributed by atoms with Crippen molar-refractivity contribution in [2.45, 2.75) is 13.2 Å². The van der Waals surface area contributed by atoms with Crippen molar-refractivity contribution in [2.24, 2.45) is 0 Å². The van der Waals surface area contributed by atoms with E-state index >= 15 is 0 Å². The van der Waals surface area contributed by atoms with Gasteiger partial charge < -0.3 is 10.1 Å². The van der Waals surface area contributed by atoms with Gasteiger partial charge in [0.1, 0.15) is 24.5 Å². The van der Waals surface area contributed by atoms with Gasteiger partial charge in [0.05, 0.1) is 22.0 Å². The quantitative estimate of drug-likeness (QED) is 0.425. The summed E-state index contributed by atoms with van der Waals surface area (Å²) in [6.07, 6.45) is 1.32. The van der Waals surface area contributed by atoms with Crippen LogP contribution in [0.1, 0.15) is 16.1 Å². The number of rotatable bonds is 7. The van der Waals surface area contributed by atoms with E-state index in [2.05, 4.69) is 25.8 Å². The summed E-state index contributed by atoms with van der Waals surface area (Å²) < 4.78 is 6.68. The van der Waals surface area contributed by atoms with Crippen LogP contribution in [0.3, 0.4) is 0 Å². The van der Waals surface area contributed by atoms with Crippen molar-refractivity contribution in [3.8, 4) is 10.6 Å². The molecule has 0 bridgehead atoms. The molecule has 11 heteroatoms. The maximum absolute atomic E-state index is 12.6. The number of thiazole rings is 1. The van der Waals surface area contributed by atoms with E-state index in [9.17, 15) is 9.59 Å². The molecule has 1 amide bonds. The molecule has 2 heterocycles. The Hall–Kier alpha value is -3.63. The van der Waals surface area contributed by atoms with Gasteiger partial charge in [-0.25, -0.2) is 14.5 Å². The number of anilines is 1. The van der Waals surface area contributed by atoms with Crippen molar-refractivity contribution in [3.05, 3.63) is 76.5 Å². The van der Waals surface area contributed by atoms with Gasteiger partial charge in [-0.2, -0.15) is 0 Å². The van der Waals surface area contributed by atoms with Gasteiger partial charge in [0, 0.05) is 10.9 Å². The van der Waals surface area contributed by atoms with E-state index in [-0.39, 0.29) is 24.6 Å². The number of carbonyl (C=O) groups excluding carboxylic acids is 2. The highest BCUT2D eigenvalue weighted by molar-refractivity contribution is 7.13. The van der Waals surface area contributed by atoms with Crippen LogP contribution in [0.25, 0.3) is 10.6 Å². The van der Waals surface area contributed by atoms with Crippen LogP contribution in [-0.4, -0.2) is 37.1 Å². The molecule has 0 saturated carbocycles.